The molecule has 2 fully saturated rings. The van der Waals surface area contributed by atoms with Crippen LogP contribution in [0, 0.1) is 5.92 Å². The van der Waals surface area contributed by atoms with E-state index in [1.165, 1.54) is 32.6 Å². The number of hydrogen-bond acceptors (Lipinski definition) is 6. The number of aliphatic hydroxyl groups is 1. The van der Waals surface area contributed by atoms with Crippen LogP contribution >= 0.6 is 0 Å². The van der Waals surface area contributed by atoms with Crippen molar-refractivity contribution in [3.63, 3.8) is 0 Å². The van der Waals surface area contributed by atoms with Crippen LogP contribution in [-0.2, 0) is 32.2 Å². The molecular weight excluding hydrogens is 626 g/mol. The zero-order valence-electron chi connectivity index (χ0n) is 29.8. The summed E-state index contributed by atoms with van der Waals surface area (Å²) < 4.78 is 13.6. The van der Waals surface area contributed by atoms with E-state index in [4.69, 9.17) is 9.47 Å². The van der Waals surface area contributed by atoms with Crippen LogP contribution in [0.25, 0.3) is 11.1 Å². The lowest BCUT2D eigenvalue weighted by molar-refractivity contribution is -0.276. The van der Waals surface area contributed by atoms with E-state index in [-0.39, 0.29) is 36.5 Å². The summed E-state index contributed by atoms with van der Waals surface area (Å²) in [4.78, 5) is 26.1. The fourth-order valence-electron chi connectivity index (χ4n) is 7.28. The normalized spacial score (nSPS) is 20.9. The second-order valence-electron chi connectivity index (χ2n) is 13.9. The minimum atomic E-state index is -0.533. The molecule has 3 aromatic rings. The van der Waals surface area contributed by atoms with Crippen molar-refractivity contribution in [3.8, 4) is 11.1 Å². The molecule has 268 valence electrons. The highest BCUT2D eigenvalue weighted by atomic mass is 16.7. The fraction of sp³-hybridized carbons (Fsp3) is 0.476. The number of hydrogen-bond donors (Lipinski definition) is 3. The third kappa shape index (κ3) is 10.4. The van der Waals surface area contributed by atoms with E-state index in [0.717, 1.165) is 65.7 Å². The van der Waals surface area contributed by atoms with Crippen LogP contribution in [0.15, 0.2) is 85.5 Å². The van der Waals surface area contributed by atoms with Gasteiger partial charge in [0.25, 0.3) is 0 Å². The zero-order valence-corrected chi connectivity index (χ0v) is 29.8. The molecule has 1 saturated carbocycles. The molecule has 50 heavy (non-hydrogen) atoms. The van der Waals surface area contributed by atoms with Crippen molar-refractivity contribution < 1.29 is 24.2 Å². The Labute approximate surface area is 298 Å². The molecule has 0 spiro atoms. The van der Waals surface area contributed by atoms with Gasteiger partial charge >= 0.3 is 0 Å². The summed E-state index contributed by atoms with van der Waals surface area (Å²) in [7, 11) is 0. The van der Waals surface area contributed by atoms with Crippen molar-refractivity contribution in [2.75, 3.05) is 19.6 Å². The lowest BCUT2D eigenvalue weighted by Gasteiger charge is -2.43. The lowest BCUT2D eigenvalue weighted by Crippen LogP contribution is -2.47. The standard InChI is InChI=1S/C42H55N3O5/c1-4-26-45(37-13-8-9-14-37)28-39-30(2)41(34-19-17-32(29-46)18-20-34)50-42(49-39)35-23-21-33(22-24-35)38-15-10-7-12-36(38)27-44-40(48)16-6-5-11-25-43-31(3)47/h4,7,10,12,15,17-24,30,37,39,41-42,46H,1,5-6,8-9,11,13-14,16,25-29H2,2-3H3,(H,43,47)(H,44,48). The third-order valence-corrected chi connectivity index (χ3v) is 10.2. The summed E-state index contributed by atoms with van der Waals surface area (Å²) in [6, 6.07) is 25.2. The molecule has 8 heteroatoms. The van der Waals surface area contributed by atoms with E-state index in [2.05, 4.69) is 77.6 Å². The average molecular weight is 682 g/mol. The number of ether oxygens (including phenoxy) is 2. The molecular formula is C42H55N3O5. The average Bonchev–Trinajstić information content (AvgIpc) is 3.68. The van der Waals surface area contributed by atoms with Crippen molar-refractivity contribution in [1.29, 1.82) is 0 Å². The minimum absolute atomic E-state index is 0.0115. The fourth-order valence-corrected chi connectivity index (χ4v) is 7.28. The smallest absolute Gasteiger partial charge is 0.220 e. The number of amides is 2. The number of carbonyl (C=O) groups excluding carboxylic acids is 2. The lowest BCUT2D eigenvalue weighted by atomic mass is 9.89. The number of benzene rings is 3. The number of nitrogens with zero attached hydrogens (tertiary/aromatic N) is 1. The summed E-state index contributed by atoms with van der Waals surface area (Å²) in [6.45, 7) is 10.6. The summed E-state index contributed by atoms with van der Waals surface area (Å²) in [6.07, 6.45) is 9.27. The molecule has 5 rings (SSSR count). The van der Waals surface area contributed by atoms with Gasteiger partial charge in [-0.15, -0.1) is 6.58 Å². The molecule has 3 aromatic carbocycles. The van der Waals surface area contributed by atoms with Gasteiger partial charge in [0, 0.05) is 57.0 Å². The van der Waals surface area contributed by atoms with Gasteiger partial charge in [-0.3, -0.25) is 14.5 Å². The molecule has 4 unspecified atom stereocenters. The third-order valence-electron chi connectivity index (χ3n) is 10.2. The number of unbranched alkanes of at least 4 members (excludes halogenated alkanes) is 2. The van der Waals surface area contributed by atoms with Gasteiger partial charge in [0.05, 0.1) is 18.8 Å². The highest BCUT2D eigenvalue weighted by Crippen LogP contribution is 2.42. The van der Waals surface area contributed by atoms with Crippen LogP contribution in [0.4, 0.5) is 0 Å². The maximum absolute atomic E-state index is 12.6. The molecule has 1 aliphatic carbocycles. The summed E-state index contributed by atoms with van der Waals surface area (Å²) in [5, 5.41) is 15.5. The van der Waals surface area contributed by atoms with Gasteiger partial charge in [-0.2, -0.15) is 0 Å². The Balaban J connectivity index is 1.28. The predicted molar refractivity (Wildman–Crippen MR) is 198 cm³/mol. The molecule has 4 atom stereocenters. The first-order valence-electron chi connectivity index (χ1n) is 18.4. The molecule has 3 N–H and O–H groups in total. The highest BCUT2D eigenvalue weighted by Gasteiger charge is 2.40. The first-order chi connectivity index (χ1) is 24.4. The van der Waals surface area contributed by atoms with Crippen molar-refractivity contribution >= 4 is 11.8 Å². The maximum atomic E-state index is 12.6. The van der Waals surface area contributed by atoms with Gasteiger partial charge in [0.2, 0.25) is 11.8 Å². The minimum Gasteiger partial charge on any atom is -0.392 e. The van der Waals surface area contributed by atoms with E-state index in [0.29, 0.717) is 25.6 Å². The summed E-state index contributed by atoms with van der Waals surface area (Å²) in [5.74, 6) is 0.126. The molecule has 8 nitrogen and oxygen atoms in total. The van der Waals surface area contributed by atoms with E-state index >= 15 is 0 Å². The predicted octanol–water partition coefficient (Wildman–Crippen LogP) is 7.38. The van der Waals surface area contributed by atoms with Crippen LogP contribution in [0.1, 0.15) is 99.9 Å². The summed E-state index contributed by atoms with van der Waals surface area (Å²) >= 11 is 0. The molecule has 0 aromatic heterocycles. The molecule has 1 saturated heterocycles. The van der Waals surface area contributed by atoms with Gasteiger partial charge in [-0.05, 0) is 53.5 Å². The molecule has 1 aliphatic heterocycles. The Morgan fingerprint density at radius 1 is 0.920 bits per heavy atom. The monoisotopic (exact) mass is 681 g/mol. The quantitative estimate of drug-likeness (QED) is 0.102. The SMILES string of the molecule is C=CCN(CC1OC(c2ccc(-c3ccccc3CNC(=O)CCCCCNC(C)=O)cc2)OC(c2ccc(CO)cc2)C1C)C1CCCC1. The van der Waals surface area contributed by atoms with Crippen LogP contribution in [0.2, 0.25) is 0 Å². The van der Waals surface area contributed by atoms with E-state index in [9.17, 15) is 14.7 Å². The van der Waals surface area contributed by atoms with Gasteiger partial charge < -0.3 is 25.2 Å². The second-order valence-corrected chi connectivity index (χ2v) is 13.9. The van der Waals surface area contributed by atoms with Crippen molar-refractivity contribution in [2.45, 2.75) is 103 Å². The van der Waals surface area contributed by atoms with Crippen LogP contribution in [0.5, 0.6) is 0 Å². The molecule has 0 bridgehead atoms. The van der Waals surface area contributed by atoms with Crippen LogP contribution in [0.3, 0.4) is 0 Å². The Morgan fingerprint density at radius 2 is 1.64 bits per heavy atom. The highest BCUT2D eigenvalue weighted by molar-refractivity contribution is 5.76. The second kappa shape index (κ2) is 19.0. The Hall–Kier alpha value is -3.82. The van der Waals surface area contributed by atoms with Gasteiger partial charge in [0.1, 0.15) is 0 Å². The largest absolute Gasteiger partial charge is 0.392 e. The van der Waals surface area contributed by atoms with Gasteiger partial charge in [-0.1, -0.05) is 105 Å². The van der Waals surface area contributed by atoms with Gasteiger partial charge in [0.15, 0.2) is 6.29 Å². The molecule has 2 aliphatic rings. The number of aliphatic hydroxyl groups excluding tert-OH is 1. The van der Waals surface area contributed by atoms with Crippen LogP contribution < -0.4 is 10.6 Å². The van der Waals surface area contributed by atoms with Crippen molar-refractivity contribution in [3.05, 3.63) is 108 Å². The summed E-state index contributed by atoms with van der Waals surface area (Å²) in [5.41, 5.74) is 6.12. The zero-order chi connectivity index (χ0) is 35.3. The number of nitrogens with one attached hydrogen (secondary N) is 2. The van der Waals surface area contributed by atoms with Crippen molar-refractivity contribution in [1.82, 2.24) is 15.5 Å². The number of rotatable bonds is 17. The molecule has 1 heterocycles. The van der Waals surface area contributed by atoms with E-state index in [1.807, 2.05) is 30.3 Å². The number of carbonyl (C=O) groups is 2. The Kier molecular flexibility index (Phi) is 14.2. The van der Waals surface area contributed by atoms with E-state index in [1.54, 1.807) is 0 Å². The van der Waals surface area contributed by atoms with Gasteiger partial charge in [-0.25, -0.2) is 0 Å². The first kappa shape index (κ1) is 37.4. The van der Waals surface area contributed by atoms with E-state index < -0.39 is 6.29 Å². The van der Waals surface area contributed by atoms with Crippen molar-refractivity contribution in [2.24, 2.45) is 5.92 Å². The first-order valence-corrected chi connectivity index (χ1v) is 18.4. The topological polar surface area (TPSA) is 100 Å². The maximum Gasteiger partial charge on any atom is 0.220 e. The Bertz CT molecular complexity index is 1520. The molecule has 0 radical (unpaired) electrons. The molecule has 2 amide bonds. The Morgan fingerprint density at radius 3 is 2.34 bits per heavy atom. The van der Waals surface area contributed by atoms with Crippen LogP contribution in [-0.4, -0.2) is 53.6 Å².